The number of fused-ring (bicyclic) bond motifs is 1. The van der Waals surface area contributed by atoms with Gasteiger partial charge in [0.15, 0.2) is 0 Å². The number of nitrogens with one attached hydrogen (secondary N) is 1. The summed E-state index contributed by atoms with van der Waals surface area (Å²) in [4.78, 5) is 20.3. The number of carbonyl (C=O) groups is 1. The van der Waals surface area contributed by atoms with Crippen molar-refractivity contribution in [2.45, 2.75) is 20.0 Å². The summed E-state index contributed by atoms with van der Waals surface area (Å²) >= 11 is 0. The van der Waals surface area contributed by atoms with Gasteiger partial charge in [0.25, 0.3) is 5.91 Å². The van der Waals surface area contributed by atoms with E-state index in [4.69, 9.17) is 0 Å². The van der Waals surface area contributed by atoms with Crippen LogP contribution in [0.5, 0.6) is 0 Å². The number of hydrogen-bond donors (Lipinski definition) is 2. The van der Waals surface area contributed by atoms with E-state index in [1.165, 1.54) is 0 Å². The summed E-state index contributed by atoms with van der Waals surface area (Å²) in [6.07, 6.45) is -0.321. The van der Waals surface area contributed by atoms with Crippen LogP contribution in [0.3, 0.4) is 0 Å². The van der Waals surface area contributed by atoms with E-state index in [2.05, 4.69) is 9.88 Å². The first-order valence-corrected chi connectivity index (χ1v) is 7.83. The lowest BCUT2D eigenvalue weighted by molar-refractivity contribution is 0.0555. The lowest BCUT2D eigenvalue weighted by Gasteiger charge is -2.35. The number of amides is 1. The number of aromatic nitrogens is 1. The third-order valence-electron chi connectivity index (χ3n) is 4.29. The lowest BCUT2D eigenvalue weighted by Crippen LogP contribution is -2.50. The van der Waals surface area contributed by atoms with Crippen LogP contribution in [-0.4, -0.2) is 64.6 Å². The topological polar surface area (TPSA) is 59.6 Å². The second-order valence-electron chi connectivity index (χ2n) is 6.11. The molecular weight excluding hydrogens is 278 g/mol. The van der Waals surface area contributed by atoms with Gasteiger partial charge in [-0.15, -0.1) is 0 Å². The third kappa shape index (κ3) is 2.87. The monoisotopic (exact) mass is 301 g/mol. The Hall–Kier alpha value is -1.85. The Bertz CT molecular complexity index is 670. The van der Waals surface area contributed by atoms with Crippen molar-refractivity contribution >= 4 is 16.8 Å². The van der Waals surface area contributed by atoms with Gasteiger partial charge in [-0.05, 0) is 19.9 Å². The zero-order valence-corrected chi connectivity index (χ0v) is 13.2. The van der Waals surface area contributed by atoms with Gasteiger partial charge < -0.3 is 15.0 Å². The molecule has 1 aromatic carbocycles. The molecule has 1 saturated heterocycles. The second kappa shape index (κ2) is 6.10. The van der Waals surface area contributed by atoms with E-state index in [1.807, 2.05) is 36.1 Å². The van der Waals surface area contributed by atoms with Crippen molar-refractivity contribution in [1.29, 1.82) is 0 Å². The van der Waals surface area contributed by atoms with Gasteiger partial charge in [0.05, 0.1) is 11.7 Å². The standard InChI is InChI=1S/C17H23N3O2/c1-12(21)11-19-7-9-20(10-8-19)17(22)16-13(2)18-15-6-4-3-5-14(15)16/h3-6,12,18,21H,7-11H2,1-2H3. The largest absolute Gasteiger partial charge is 0.392 e. The van der Waals surface area contributed by atoms with Gasteiger partial charge in [-0.1, -0.05) is 18.2 Å². The Morgan fingerprint density at radius 1 is 1.27 bits per heavy atom. The molecule has 1 aliphatic heterocycles. The zero-order chi connectivity index (χ0) is 15.7. The predicted octanol–water partition coefficient (Wildman–Crippen LogP) is 1.61. The number of carbonyl (C=O) groups excluding carboxylic acids is 1. The van der Waals surface area contributed by atoms with Gasteiger partial charge in [-0.3, -0.25) is 9.69 Å². The SMILES string of the molecule is Cc1[nH]c2ccccc2c1C(=O)N1CCN(CC(C)O)CC1. The molecule has 2 aromatic rings. The van der Waals surface area contributed by atoms with Gasteiger partial charge in [0.2, 0.25) is 0 Å². The summed E-state index contributed by atoms with van der Waals surface area (Å²) in [5.74, 6) is 0.103. The maximum atomic E-state index is 12.9. The van der Waals surface area contributed by atoms with E-state index in [0.717, 1.165) is 35.2 Å². The van der Waals surface area contributed by atoms with Crippen molar-refractivity contribution in [3.63, 3.8) is 0 Å². The van der Waals surface area contributed by atoms with Gasteiger partial charge >= 0.3 is 0 Å². The van der Waals surface area contributed by atoms with Gasteiger partial charge in [0.1, 0.15) is 0 Å². The number of aryl methyl sites for hydroxylation is 1. The molecule has 0 bridgehead atoms. The summed E-state index contributed by atoms with van der Waals surface area (Å²) in [7, 11) is 0. The van der Waals surface area contributed by atoms with Crippen LogP contribution in [-0.2, 0) is 0 Å². The molecule has 22 heavy (non-hydrogen) atoms. The molecule has 1 unspecified atom stereocenters. The minimum absolute atomic E-state index is 0.103. The molecule has 1 fully saturated rings. The van der Waals surface area contributed by atoms with Crippen molar-refractivity contribution in [1.82, 2.24) is 14.8 Å². The highest BCUT2D eigenvalue weighted by Crippen LogP contribution is 2.23. The molecular formula is C17H23N3O2. The molecule has 118 valence electrons. The van der Waals surface area contributed by atoms with Gasteiger partial charge in [-0.2, -0.15) is 0 Å². The summed E-state index contributed by atoms with van der Waals surface area (Å²) in [6.45, 7) is 7.49. The molecule has 2 heterocycles. The summed E-state index contributed by atoms with van der Waals surface area (Å²) in [5.41, 5.74) is 2.73. The van der Waals surface area contributed by atoms with E-state index in [-0.39, 0.29) is 12.0 Å². The number of piperazine rings is 1. The Morgan fingerprint density at radius 2 is 1.95 bits per heavy atom. The highest BCUT2D eigenvalue weighted by Gasteiger charge is 2.25. The van der Waals surface area contributed by atoms with E-state index in [1.54, 1.807) is 6.92 Å². The fourth-order valence-corrected chi connectivity index (χ4v) is 3.22. The summed E-state index contributed by atoms with van der Waals surface area (Å²) in [5, 5.41) is 10.5. The highest BCUT2D eigenvalue weighted by molar-refractivity contribution is 6.08. The van der Waals surface area contributed by atoms with Crippen LogP contribution in [0.4, 0.5) is 0 Å². The van der Waals surface area contributed by atoms with Crippen LogP contribution < -0.4 is 0 Å². The Morgan fingerprint density at radius 3 is 2.64 bits per heavy atom. The molecule has 2 N–H and O–H groups in total. The molecule has 3 rings (SSSR count). The lowest BCUT2D eigenvalue weighted by atomic mass is 10.1. The minimum Gasteiger partial charge on any atom is -0.392 e. The van der Waals surface area contributed by atoms with Crippen LogP contribution in [0.2, 0.25) is 0 Å². The molecule has 0 saturated carbocycles. The maximum Gasteiger partial charge on any atom is 0.256 e. The number of β-amino-alcohol motifs (C(OH)–C–C–N with tert-alkyl or cyclic N) is 1. The number of aromatic amines is 1. The smallest absolute Gasteiger partial charge is 0.256 e. The van der Waals surface area contributed by atoms with E-state index < -0.39 is 0 Å². The first-order chi connectivity index (χ1) is 10.6. The van der Waals surface area contributed by atoms with Crippen LogP contribution in [0.15, 0.2) is 24.3 Å². The third-order valence-corrected chi connectivity index (χ3v) is 4.29. The van der Waals surface area contributed by atoms with Crippen LogP contribution >= 0.6 is 0 Å². The molecule has 1 aromatic heterocycles. The summed E-state index contributed by atoms with van der Waals surface area (Å²) in [6, 6.07) is 7.93. The van der Waals surface area contributed by atoms with Crippen molar-refractivity contribution in [3.05, 3.63) is 35.5 Å². The average Bonchev–Trinajstić information content (AvgIpc) is 2.82. The van der Waals surface area contributed by atoms with Crippen LogP contribution in [0.25, 0.3) is 10.9 Å². The van der Waals surface area contributed by atoms with Crippen molar-refractivity contribution < 1.29 is 9.90 Å². The number of benzene rings is 1. The number of H-pyrrole nitrogens is 1. The van der Waals surface area contributed by atoms with Crippen molar-refractivity contribution in [2.75, 3.05) is 32.7 Å². The number of hydrogen-bond acceptors (Lipinski definition) is 3. The zero-order valence-electron chi connectivity index (χ0n) is 13.2. The average molecular weight is 301 g/mol. The fourth-order valence-electron chi connectivity index (χ4n) is 3.22. The molecule has 0 spiro atoms. The molecule has 1 aliphatic rings. The number of aliphatic hydroxyl groups excluding tert-OH is 1. The van der Waals surface area contributed by atoms with E-state index in [0.29, 0.717) is 19.6 Å². The normalized spacial score (nSPS) is 17.9. The Balaban J connectivity index is 1.76. The number of para-hydroxylation sites is 1. The molecule has 0 aliphatic carbocycles. The van der Waals surface area contributed by atoms with E-state index >= 15 is 0 Å². The first-order valence-electron chi connectivity index (χ1n) is 7.83. The highest BCUT2D eigenvalue weighted by atomic mass is 16.3. The molecule has 0 radical (unpaired) electrons. The number of rotatable bonds is 3. The van der Waals surface area contributed by atoms with Crippen molar-refractivity contribution in [2.24, 2.45) is 0 Å². The van der Waals surface area contributed by atoms with E-state index in [9.17, 15) is 9.90 Å². The van der Waals surface area contributed by atoms with Crippen LogP contribution in [0.1, 0.15) is 23.0 Å². The molecule has 5 nitrogen and oxygen atoms in total. The maximum absolute atomic E-state index is 12.9. The Labute approximate surface area is 130 Å². The minimum atomic E-state index is -0.321. The van der Waals surface area contributed by atoms with Gasteiger partial charge in [-0.25, -0.2) is 0 Å². The molecule has 1 amide bonds. The number of nitrogens with zero attached hydrogens (tertiary/aromatic N) is 2. The summed E-state index contributed by atoms with van der Waals surface area (Å²) < 4.78 is 0. The van der Waals surface area contributed by atoms with Crippen LogP contribution in [0, 0.1) is 6.92 Å². The fraction of sp³-hybridized carbons (Fsp3) is 0.471. The molecule has 5 heteroatoms. The van der Waals surface area contributed by atoms with Crippen molar-refractivity contribution in [3.8, 4) is 0 Å². The second-order valence-corrected chi connectivity index (χ2v) is 6.11. The first kappa shape index (κ1) is 15.1. The quantitative estimate of drug-likeness (QED) is 0.905. The Kier molecular flexibility index (Phi) is 4.18. The van der Waals surface area contributed by atoms with Gasteiger partial charge in [0, 0.05) is 49.3 Å². The number of aliphatic hydroxyl groups is 1. The molecule has 1 atom stereocenters. The predicted molar refractivity (Wildman–Crippen MR) is 87.1 cm³/mol.